The Balaban J connectivity index is 1.80. The highest BCUT2D eigenvalue weighted by Crippen LogP contribution is 2.36. The molecule has 1 fully saturated rings. The molecule has 21 heavy (non-hydrogen) atoms. The number of carbonyl (C=O) groups is 1. The van der Waals surface area contributed by atoms with Gasteiger partial charge in [0.25, 0.3) is 0 Å². The van der Waals surface area contributed by atoms with Gasteiger partial charge in [0.15, 0.2) is 0 Å². The Morgan fingerprint density at radius 2 is 2.33 bits per heavy atom. The van der Waals surface area contributed by atoms with E-state index in [-0.39, 0.29) is 0 Å². The fourth-order valence-electron chi connectivity index (χ4n) is 3.36. The second-order valence-corrected chi connectivity index (χ2v) is 7.25. The summed E-state index contributed by atoms with van der Waals surface area (Å²) in [4.78, 5) is 13.7. The molecule has 5 heteroatoms. The van der Waals surface area contributed by atoms with Crippen LogP contribution in [0.3, 0.4) is 0 Å². The fourth-order valence-corrected chi connectivity index (χ4v) is 3.91. The number of benzene rings is 1. The van der Waals surface area contributed by atoms with Crippen LogP contribution in [-0.4, -0.2) is 35.7 Å². The highest BCUT2D eigenvalue weighted by atomic mass is 79.9. The van der Waals surface area contributed by atoms with Gasteiger partial charge in [0.1, 0.15) is 5.75 Å². The van der Waals surface area contributed by atoms with Crippen molar-refractivity contribution in [3.8, 4) is 5.75 Å². The molecule has 0 aliphatic carbocycles. The third-order valence-corrected chi connectivity index (χ3v) is 4.97. The second kappa shape index (κ2) is 5.61. The van der Waals surface area contributed by atoms with Crippen LogP contribution in [0.1, 0.15) is 30.9 Å². The molecule has 1 N–H and O–H groups in total. The van der Waals surface area contributed by atoms with Crippen LogP contribution in [-0.2, 0) is 17.8 Å². The number of likely N-dealkylation sites (tertiary alicyclic amines) is 1. The third-order valence-electron chi connectivity index (χ3n) is 4.51. The summed E-state index contributed by atoms with van der Waals surface area (Å²) in [6.45, 7) is 4.90. The van der Waals surface area contributed by atoms with Crippen molar-refractivity contribution in [2.45, 2.75) is 32.7 Å². The first kappa shape index (κ1) is 14.9. The van der Waals surface area contributed by atoms with Gasteiger partial charge in [-0.2, -0.15) is 0 Å². The number of carboxylic acid groups (broad SMARTS) is 1. The summed E-state index contributed by atoms with van der Waals surface area (Å²) in [6, 6.07) is 4.21. The van der Waals surface area contributed by atoms with Gasteiger partial charge in [0.05, 0.1) is 12.0 Å². The number of hydrogen-bond acceptors (Lipinski definition) is 3. The minimum absolute atomic E-state index is 0.601. The van der Waals surface area contributed by atoms with Gasteiger partial charge in [-0.1, -0.05) is 15.9 Å². The van der Waals surface area contributed by atoms with Crippen LogP contribution in [0, 0.1) is 5.41 Å². The van der Waals surface area contributed by atoms with E-state index >= 15 is 0 Å². The van der Waals surface area contributed by atoms with Crippen LogP contribution < -0.4 is 4.74 Å². The number of carboxylic acids is 1. The number of fused-ring (bicyclic) bond motifs is 1. The highest BCUT2D eigenvalue weighted by molar-refractivity contribution is 9.10. The molecular formula is C16H20BrNO3. The molecule has 0 radical (unpaired) electrons. The molecule has 2 aliphatic heterocycles. The van der Waals surface area contributed by atoms with Gasteiger partial charge in [0.2, 0.25) is 0 Å². The zero-order chi connectivity index (χ0) is 15.0. The Morgan fingerprint density at radius 1 is 1.52 bits per heavy atom. The average molecular weight is 354 g/mol. The zero-order valence-electron chi connectivity index (χ0n) is 12.2. The monoisotopic (exact) mass is 353 g/mol. The van der Waals surface area contributed by atoms with Crippen molar-refractivity contribution in [1.29, 1.82) is 0 Å². The quantitative estimate of drug-likeness (QED) is 0.907. The second-order valence-electron chi connectivity index (χ2n) is 6.33. The smallest absolute Gasteiger partial charge is 0.310 e. The van der Waals surface area contributed by atoms with E-state index in [9.17, 15) is 9.90 Å². The Labute approximate surface area is 133 Å². The van der Waals surface area contributed by atoms with E-state index in [0.29, 0.717) is 6.54 Å². The number of piperidine rings is 1. The SMILES string of the molecule is CC1(C(=O)O)CCCN(Cc2cc(Br)cc3c2OCC3)C1. The van der Waals surface area contributed by atoms with Gasteiger partial charge in [-0.3, -0.25) is 9.69 Å². The van der Waals surface area contributed by atoms with Gasteiger partial charge < -0.3 is 9.84 Å². The van der Waals surface area contributed by atoms with Crippen LogP contribution in [0.15, 0.2) is 16.6 Å². The van der Waals surface area contributed by atoms with Crippen LogP contribution in [0.5, 0.6) is 5.75 Å². The summed E-state index contributed by atoms with van der Waals surface area (Å²) < 4.78 is 6.83. The van der Waals surface area contributed by atoms with E-state index in [2.05, 4.69) is 33.0 Å². The summed E-state index contributed by atoms with van der Waals surface area (Å²) in [6.07, 6.45) is 2.64. The molecule has 1 aromatic rings. The molecule has 2 heterocycles. The van der Waals surface area contributed by atoms with Crippen LogP contribution in [0.25, 0.3) is 0 Å². The fraction of sp³-hybridized carbons (Fsp3) is 0.562. The molecule has 1 saturated heterocycles. The lowest BCUT2D eigenvalue weighted by atomic mass is 9.82. The normalized spacial score (nSPS) is 25.4. The summed E-state index contributed by atoms with van der Waals surface area (Å²) in [7, 11) is 0. The minimum Gasteiger partial charge on any atom is -0.493 e. The number of ether oxygens (including phenoxy) is 1. The van der Waals surface area contributed by atoms with Crippen LogP contribution >= 0.6 is 15.9 Å². The first-order valence-electron chi connectivity index (χ1n) is 7.38. The van der Waals surface area contributed by atoms with E-state index < -0.39 is 11.4 Å². The molecule has 114 valence electrons. The van der Waals surface area contributed by atoms with Gasteiger partial charge in [0, 0.05) is 29.5 Å². The van der Waals surface area contributed by atoms with Crippen molar-refractivity contribution >= 4 is 21.9 Å². The lowest BCUT2D eigenvalue weighted by Gasteiger charge is -2.37. The maximum atomic E-state index is 11.5. The molecule has 1 unspecified atom stereocenters. The number of halogens is 1. The van der Waals surface area contributed by atoms with E-state index in [1.807, 2.05) is 6.92 Å². The Bertz CT molecular complexity index is 575. The largest absolute Gasteiger partial charge is 0.493 e. The van der Waals surface area contributed by atoms with E-state index in [1.54, 1.807) is 0 Å². The summed E-state index contributed by atoms with van der Waals surface area (Å²) in [5, 5.41) is 9.42. The van der Waals surface area contributed by atoms with Crippen molar-refractivity contribution in [3.05, 3.63) is 27.7 Å². The molecule has 3 rings (SSSR count). The topological polar surface area (TPSA) is 49.8 Å². The molecule has 0 amide bonds. The molecule has 2 aliphatic rings. The van der Waals surface area contributed by atoms with Gasteiger partial charge in [-0.25, -0.2) is 0 Å². The Morgan fingerprint density at radius 3 is 3.10 bits per heavy atom. The maximum absolute atomic E-state index is 11.5. The molecule has 0 bridgehead atoms. The molecule has 4 nitrogen and oxygen atoms in total. The zero-order valence-corrected chi connectivity index (χ0v) is 13.8. The number of hydrogen-bond donors (Lipinski definition) is 1. The van der Waals surface area contributed by atoms with Gasteiger partial charge >= 0.3 is 5.97 Å². The van der Waals surface area contributed by atoms with Gasteiger partial charge in [-0.15, -0.1) is 0 Å². The Hall–Kier alpha value is -1.07. The summed E-state index contributed by atoms with van der Waals surface area (Å²) in [5.41, 5.74) is 1.78. The average Bonchev–Trinajstić information content (AvgIpc) is 2.86. The Kier molecular flexibility index (Phi) is 3.97. The summed E-state index contributed by atoms with van der Waals surface area (Å²) >= 11 is 3.56. The van der Waals surface area contributed by atoms with E-state index in [0.717, 1.165) is 54.7 Å². The van der Waals surface area contributed by atoms with Crippen molar-refractivity contribution in [3.63, 3.8) is 0 Å². The maximum Gasteiger partial charge on any atom is 0.310 e. The molecule has 1 aromatic carbocycles. The third kappa shape index (κ3) is 2.94. The number of nitrogens with zero attached hydrogens (tertiary/aromatic N) is 1. The summed E-state index contributed by atoms with van der Waals surface area (Å²) in [5.74, 6) is 0.309. The van der Waals surface area contributed by atoms with Crippen molar-refractivity contribution in [1.82, 2.24) is 4.90 Å². The molecule has 0 saturated carbocycles. The molecule has 1 atom stereocenters. The van der Waals surface area contributed by atoms with Crippen molar-refractivity contribution in [2.75, 3.05) is 19.7 Å². The van der Waals surface area contributed by atoms with Gasteiger partial charge in [-0.05, 0) is 44.0 Å². The lowest BCUT2D eigenvalue weighted by Crippen LogP contribution is -2.45. The molecule has 0 aromatic heterocycles. The number of aliphatic carboxylic acids is 1. The first-order chi connectivity index (χ1) is 9.98. The van der Waals surface area contributed by atoms with Crippen LogP contribution in [0.2, 0.25) is 0 Å². The predicted octanol–water partition coefficient (Wildman–Crippen LogP) is 3.07. The predicted molar refractivity (Wildman–Crippen MR) is 83.6 cm³/mol. The van der Waals surface area contributed by atoms with Crippen LogP contribution in [0.4, 0.5) is 0 Å². The number of rotatable bonds is 3. The minimum atomic E-state index is -0.692. The molecular weight excluding hydrogens is 334 g/mol. The van der Waals surface area contributed by atoms with Crippen molar-refractivity contribution < 1.29 is 14.6 Å². The lowest BCUT2D eigenvalue weighted by molar-refractivity contribution is -0.151. The first-order valence-corrected chi connectivity index (χ1v) is 8.17. The van der Waals surface area contributed by atoms with E-state index in [4.69, 9.17) is 4.74 Å². The molecule has 0 spiro atoms. The highest BCUT2D eigenvalue weighted by Gasteiger charge is 2.38. The standard InChI is InChI=1S/C16H20BrNO3/c1-16(15(19)20)4-2-5-18(10-16)9-12-8-13(17)7-11-3-6-21-14(11)12/h7-8H,2-6,9-10H2,1H3,(H,19,20). The van der Waals surface area contributed by atoms with E-state index in [1.165, 1.54) is 5.56 Å². The van der Waals surface area contributed by atoms with Crippen molar-refractivity contribution in [2.24, 2.45) is 5.41 Å².